The summed E-state index contributed by atoms with van der Waals surface area (Å²) in [6.07, 6.45) is 4.35. The van der Waals surface area contributed by atoms with Gasteiger partial charge in [0.1, 0.15) is 12.7 Å². The van der Waals surface area contributed by atoms with E-state index >= 15 is 0 Å². The van der Waals surface area contributed by atoms with Crippen molar-refractivity contribution in [1.82, 2.24) is 0 Å². The molecule has 0 saturated carbocycles. The lowest BCUT2D eigenvalue weighted by Gasteiger charge is -2.03. The van der Waals surface area contributed by atoms with Gasteiger partial charge in [-0.05, 0) is 13.8 Å². The van der Waals surface area contributed by atoms with Crippen LogP contribution in [0.5, 0.6) is 0 Å². The van der Waals surface area contributed by atoms with Gasteiger partial charge < -0.3 is 24.8 Å². The van der Waals surface area contributed by atoms with Crippen LogP contribution < -0.4 is 0 Å². The van der Waals surface area contributed by atoms with Gasteiger partial charge in [-0.3, -0.25) is 0 Å². The van der Waals surface area contributed by atoms with Gasteiger partial charge in [0, 0.05) is 0 Å². The predicted octanol–water partition coefficient (Wildman–Crippen LogP) is 1.10. The molecule has 0 aliphatic heterocycles. The molecule has 0 radical (unpaired) electrons. The molecule has 0 aliphatic carbocycles. The second kappa shape index (κ2) is 13.5. The minimum absolute atomic E-state index is 0.383. The molecule has 0 aromatic carbocycles. The largest absolute Gasteiger partial charge is 0.505 e. The molecule has 0 aromatic rings. The molecule has 0 saturated heterocycles. The Morgan fingerprint density at radius 1 is 1.31 bits per heavy atom. The highest BCUT2D eigenvalue weighted by molar-refractivity contribution is 5.56. The van der Waals surface area contributed by atoms with E-state index in [4.69, 9.17) is 20.1 Å². The number of aliphatic hydroxyl groups is 2. The van der Waals surface area contributed by atoms with Gasteiger partial charge in [0.05, 0.1) is 19.1 Å². The van der Waals surface area contributed by atoms with Crippen molar-refractivity contribution in [2.45, 2.75) is 20.0 Å². The number of hydrogen-bond donors (Lipinski definition) is 3. The maximum absolute atomic E-state index is 9.60. The van der Waals surface area contributed by atoms with E-state index in [-0.39, 0.29) is 6.61 Å². The zero-order valence-corrected chi connectivity index (χ0v) is 9.37. The third kappa shape index (κ3) is 18.3. The second-order valence-electron chi connectivity index (χ2n) is 2.49. The van der Waals surface area contributed by atoms with Crippen LogP contribution in [0, 0.1) is 0 Å². The van der Waals surface area contributed by atoms with Crippen LogP contribution in [0.1, 0.15) is 13.8 Å². The molecule has 1 unspecified atom stereocenters. The fourth-order valence-corrected chi connectivity index (χ4v) is 0.423. The minimum atomic E-state index is -1.46. The van der Waals surface area contributed by atoms with Crippen molar-refractivity contribution in [3.05, 3.63) is 24.7 Å². The van der Waals surface area contributed by atoms with Gasteiger partial charge in [0.15, 0.2) is 0 Å². The van der Waals surface area contributed by atoms with E-state index in [0.29, 0.717) is 0 Å². The lowest BCUT2D eigenvalue weighted by molar-refractivity contribution is 0.0145. The van der Waals surface area contributed by atoms with Crippen molar-refractivity contribution in [2.75, 3.05) is 13.2 Å². The molecule has 0 fully saturated rings. The Morgan fingerprint density at radius 2 is 1.81 bits per heavy atom. The minimum Gasteiger partial charge on any atom is -0.473 e. The molecule has 1 atom stereocenters. The van der Waals surface area contributed by atoms with Crippen LogP contribution in [0.25, 0.3) is 0 Å². The van der Waals surface area contributed by atoms with Gasteiger partial charge in [0.25, 0.3) is 0 Å². The summed E-state index contributed by atoms with van der Waals surface area (Å²) in [5.41, 5.74) is 0. The molecule has 6 heteroatoms. The summed E-state index contributed by atoms with van der Waals surface area (Å²) in [5, 5.41) is 24.4. The Kier molecular flexibility index (Phi) is 14.2. The number of allylic oxidation sites excluding steroid dienone is 2. The average Bonchev–Trinajstić information content (AvgIpc) is 2.27. The quantitative estimate of drug-likeness (QED) is 0.487. The summed E-state index contributed by atoms with van der Waals surface area (Å²) < 4.78 is 8.67. The molecule has 3 N–H and O–H groups in total. The highest BCUT2D eigenvalue weighted by atomic mass is 16.7. The molecule has 0 spiro atoms. The summed E-state index contributed by atoms with van der Waals surface area (Å²) in [4.78, 5) is 9.60. The number of carbonyl (C=O) groups is 1. The molecular weight excluding hydrogens is 216 g/mol. The van der Waals surface area contributed by atoms with Crippen LogP contribution in [0.4, 0.5) is 4.79 Å². The summed E-state index contributed by atoms with van der Waals surface area (Å²) in [6.45, 7) is 2.94. The predicted molar refractivity (Wildman–Crippen MR) is 57.8 cm³/mol. The molecule has 0 aliphatic rings. The first-order chi connectivity index (χ1) is 7.58. The first-order valence-electron chi connectivity index (χ1n) is 4.60. The summed E-state index contributed by atoms with van der Waals surface area (Å²) in [6, 6.07) is 0. The summed E-state index contributed by atoms with van der Waals surface area (Å²) in [5.74, 6) is 0. The van der Waals surface area contributed by atoms with Gasteiger partial charge in [-0.25, -0.2) is 4.79 Å². The van der Waals surface area contributed by atoms with Gasteiger partial charge >= 0.3 is 6.16 Å². The topological polar surface area (TPSA) is 96.2 Å². The highest BCUT2D eigenvalue weighted by Crippen LogP contribution is 1.83. The first-order valence-corrected chi connectivity index (χ1v) is 4.60. The SMILES string of the molecule is CC=COC=CC.O=C(O)OCC(O)CO. The zero-order chi connectivity index (χ0) is 12.8. The van der Waals surface area contributed by atoms with Crippen molar-refractivity contribution in [1.29, 1.82) is 0 Å². The van der Waals surface area contributed by atoms with Gasteiger partial charge in [0.2, 0.25) is 0 Å². The van der Waals surface area contributed by atoms with Crippen LogP contribution in [-0.2, 0) is 9.47 Å². The standard InChI is InChI=1S/C6H10O.C4H8O5/c1-3-5-7-6-4-2;5-1-3(6)2-9-4(7)8/h3-6H,1-2H3;3,5-6H,1-2H2,(H,7,8). The summed E-state index contributed by atoms with van der Waals surface area (Å²) >= 11 is 0. The number of ether oxygens (including phenoxy) is 2. The van der Waals surface area contributed by atoms with E-state index in [2.05, 4.69) is 4.74 Å². The monoisotopic (exact) mass is 234 g/mol. The third-order valence-electron chi connectivity index (χ3n) is 1.04. The second-order valence-corrected chi connectivity index (χ2v) is 2.49. The molecule has 16 heavy (non-hydrogen) atoms. The zero-order valence-electron chi connectivity index (χ0n) is 9.37. The van der Waals surface area contributed by atoms with E-state index in [9.17, 15) is 4.79 Å². The third-order valence-corrected chi connectivity index (χ3v) is 1.04. The maximum Gasteiger partial charge on any atom is 0.505 e. The molecule has 0 amide bonds. The average molecular weight is 234 g/mol. The summed E-state index contributed by atoms with van der Waals surface area (Å²) in [7, 11) is 0. The van der Waals surface area contributed by atoms with E-state index in [0.717, 1.165) is 0 Å². The molecule has 6 nitrogen and oxygen atoms in total. The lowest BCUT2D eigenvalue weighted by atomic mass is 10.4. The van der Waals surface area contributed by atoms with E-state index < -0.39 is 18.9 Å². The van der Waals surface area contributed by atoms with E-state index in [1.54, 1.807) is 12.5 Å². The Balaban J connectivity index is 0. The molecule has 94 valence electrons. The van der Waals surface area contributed by atoms with Crippen LogP contribution in [0.2, 0.25) is 0 Å². The highest BCUT2D eigenvalue weighted by Gasteiger charge is 2.03. The number of carboxylic acid groups (broad SMARTS) is 1. The van der Waals surface area contributed by atoms with Crippen molar-refractivity contribution in [2.24, 2.45) is 0 Å². The van der Waals surface area contributed by atoms with Crippen LogP contribution in [0.3, 0.4) is 0 Å². The maximum atomic E-state index is 9.60. The Bertz CT molecular complexity index is 201. The van der Waals surface area contributed by atoms with Crippen molar-refractivity contribution in [3.8, 4) is 0 Å². The molecule has 0 heterocycles. The lowest BCUT2D eigenvalue weighted by Crippen LogP contribution is -2.21. The smallest absolute Gasteiger partial charge is 0.473 e. The fraction of sp³-hybridized carbons (Fsp3) is 0.500. The van der Waals surface area contributed by atoms with Crippen LogP contribution in [-0.4, -0.2) is 40.8 Å². The first kappa shape index (κ1) is 16.9. The fourth-order valence-electron chi connectivity index (χ4n) is 0.423. The van der Waals surface area contributed by atoms with E-state index in [1.807, 2.05) is 26.0 Å². The Hall–Kier alpha value is -1.53. The van der Waals surface area contributed by atoms with Crippen molar-refractivity contribution < 1.29 is 29.6 Å². The number of rotatable bonds is 5. The van der Waals surface area contributed by atoms with Gasteiger partial charge in [-0.1, -0.05) is 12.2 Å². The number of aliphatic hydroxyl groups excluding tert-OH is 2. The van der Waals surface area contributed by atoms with E-state index in [1.165, 1.54) is 0 Å². The van der Waals surface area contributed by atoms with Crippen molar-refractivity contribution >= 4 is 6.16 Å². The van der Waals surface area contributed by atoms with Crippen molar-refractivity contribution in [3.63, 3.8) is 0 Å². The Labute approximate surface area is 94.4 Å². The number of hydrogen-bond acceptors (Lipinski definition) is 5. The van der Waals surface area contributed by atoms with Gasteiger partial charge in [-0.15, -0.1) is 0 Å². The van der Waals surface area contributed by atoms with Gasteiger partial charge in [-0.2, -0.15) is 0 Å². The molecule has 0 bridgehead atoms. The molecular formula is C10H18O6. The normalized spacial score (nSPS) is 12.0. The molecule has 0 rings (SSSR count). The van der Waals surface area contributed by atoms with Crippen LogP contribution in [0.15, 0.2) is 24.7 Å². The molecule has 0 aromatic heterocycles. The van der Waals surface area contributed by atoms with Crippen LogP contribution >= 0.6 is 0 Å². The Morgan fingerprint density at radius 3 is 2.12 bits per heavy atom.